The van der Waals surface area contributed by atoms with Crippen LogP contribution in [-0.4, -0.2) is 35.4 Å². The van der Waals surface area contributed by atoms with Crippen molar-refractivity contribution in [2.24, 2.45) is 12.0 Å². The maximum absolute atomic E-state index is 12.4. The third-order valence-electron chi connectivity index (χ3n) is 4.48. The number of nitrogens with zero attached hydrogens (tertiary/aromatic N) is 3. The van der Waals surface area contributed by atoms with Gasteiger partial charge in [0, 0.05) is 25.7 Å². The van der Waals surface area contributed by atoms with Crippen LogP contribution in [0.3, 0.4) is 0 Å². The van der Waals surface area contributed by atoms with Crippen molar-refractivity contribution in [3.63, 3.8) is 0 Å². The summed E-state index contributed by atoms with van der Waals surface area (Å²) < 4.78 is 7.06. The summed E-state index contributed by atoms with van der Waals surface area (Å²) in [6.07, 6.45) is 3.75. The topological polar surface area (TPSA) is 80.5 Å². The number of ether oxygens (including phenoxy) is 1. The number of methoxy groups -OCH3 is 1. The van der Waals surface area contributed by atoms with Crippen LogP contribution in [0.4, 0.5) is 0 Å². The second-order valence-corrected chi connectivity index (χ2v) is 6.62. The molecule has 0 aliphatic carbocycles. The van der Waals surface area contributed by atoms with Gasteiger partial charge in [-0.2, -0.15) is 5.10 Å². The second-order valence-electron chi connectivity index (χ2n) is 6.62. The van der Waals surface area contributed by atoms with Crippen LogP contribution in [0.15, 0.2) is 65.4 Å². The van der Waals surface area contributed by atoms with Crippen LogP contribution in [0.2, 0.25) is 0 Å². The predicted octanol–water partition coefficient (Wildman–Crippen LogP) is 2.38. The number of rotatable bonds is 5. The molecule has 1 aliphatic rings. The molecule has 4 rings (SSSR count). The Morgan fingerprint density at radius 2 is 2.04 bits per heavy atom. The fourth-order valence-electron chi connectivity index (χ4n) is 3.18. The molecule has 7 nitrogen and oxygen atoms in total. The maximum Gasteiger partial charge on any atom is 0.274 e. The lowest BCUT2D eigenvalue weighted by Crippen LogP contribution is -2.26. The fraction of sp³-hybridized carbons (Fsp3) is 0.190. The molecule has 1 atom stereocenters. The van der Waals surface area contributed by atoms with Gasteiger partial charge in [0.15, 0.2) is 0 Å². The maximum atomic E-state index is 12.4. The van der Waals surface area contributed by atoms with Crippen LogP contribution in [-0.2, 0) is 16.6 Å². The van der Waals surface area contributed by atoms with Crippen LogP contribution in [0.5, 0.6) is 0 Å². The summed E-state index contributed by atoms with van der Waals surface area (Å²) in [5, 5.41) is 11.2. The average Bonchev–Trinajstić information content (AvgIpc) is 3.23. The molecule has 0 bridgehead atoms. The number of fused-ring (bicyclic) bond motifs is 1. The van der Waals surface area contributed by atoms with Crippen molar-refractivity contribution in [3.8, 4) is 0 Å². The highest BCUT2D eigenvalue weighted by Gasteiger charge is 2.23. The summed E-state index contributed by atoms with van der Waals surface area (Å²) in [7, 11) is 3.52. The lowest BCUT2D eigenvalue weighted by atomic mass is 10.1. The van der Waals surface area contributed by atoms with E-state index < -0.39 is 0 Å². The van der Waals surface area contributed by atoms with E-state index >= 15 is 0 Å². The quantitative estimate of drug-likeness (QED) is 0.671. The molecule has 1 amide bonds. The molecule has 28 heavy (non-hydrogen) atoms. The van der Waals surface area contributed by atoms with Gasteiger partial charge in [-0.25, -0.2) is 4.99 Å². The van der Waals surface area contributed by atoms with Crippen molar-refractivity contribution >= 4 is 28.8 Å². The van der Waals surface area contributed by atoms with E-state index in [4.69, 9.17) is 4.74 Å². The Labute approximate surface area is 162 Å². The molecular weight excluding hydrogens is 354 g/mol. The number of aliphatic imine (C=N–C) groups is 1. The van der Waals surface area contributed by atoms with Gasteiger partial charge >= 0.3 is 0 Å². The summed E-state index contributed by atoms with van der Waals surface area (Å²) in [6, 6.07) is 15.5. The van der Waals surface area contributed by atoms with Crippen LogP contribution < -0.4 is 10.6 Å². The highest BCUT2D eigenvalue weighted by atomic mass is 16.5. The van der Waals surface area contributed by atoms with Gasteiger partial charge in [-0.1, -0.05) is 36.4 Å². The number of benzene rings is 2. The first-order chi connectivity index (χ1) is 13.6. The van der Waals surface area contributed by atoms with Crippen molar-refractivity contribution in [2.75, 3.05) is 13.7 Å². The lowest BCUT2D eigenvalue weighted by molar-refractivity contribution is -0.115. The fourth-order valence-corrected chi connectivity index (χ4v) is 3.18. The molecule has 2 aromatic carbocycles. The van der Waals surface area contributed by atoms with E-state index in [2.05, 4.69) is 20.7 Å². The Hall–Kier alpha value is -3.45. The summed E-state index contributed by atoms with van der Waals surface area (Å²) in [4.78, 5) is 17.0. The number of hydrogen-bond donors (Lipinski definition) is 2. The molecule has 2 N–H and O–H groups in total. The monoisotopic (exact) mass is 375 g/mol. The number of guanidine groups is 1. The van der Waals surface area contributed by atoms with E-state index in [1.807, 2.05) is 61.8 Å². The first-order valence-electron chi connectivity index (χ1n) is 8.97. The van der Waals surface area contributed by atoms with Crippen molar-refractivity contribution < 1.29 is 9.53 Å². The average molecular weight is 375 g/mol. The normalized spacial score (nSPS) is 17.9. The van der Waals surface area contributed by atoms with Crippen LogP contribution >= 0.6 is 0 Å². The van der Waals surface area contributed by atoms with Crippen molar-refractivity contribution in [2.45, 2.75) is 6.04 Å². The molecule has 3 aromatic rings. The van der Waals surface area contributed by atoms with Crippen LogP contribution in [0.25, 0.3) is 17.0 Å². The standard InChI is InChI=1S/C21H21N5O2/c1-26-12-16-10-14(8-9-17(16)25-26)11-18-20(27)24-21(22-18)23-19(13-28-2)15-6-4-3-5-7-15/h3-12,19H,13H2,1-2H3,(H2,22,23,24,27)/b18-11-. The number of carbonyl (C=O) groups is 1. The largest absolute Gasteiger partial charge is 0.382 e. The Bertz CT molecular complexity index is 1070. The van der Waals surface area contributed by atoms with Gasteiger partial charge < -0.3 is 10.1 Å². The van der Waals surface area contributed by atoms with Crippen molar-refractivity contribution in [1.29, 1.82) is 0 Å². The highest BCUT2D eigenvalue weighted by molar-refractivity contribution is 6.15. The van der Waals surface area contributed by atoms with E-state index in [-0.39, 0.29) is 11.9 Å². The number of carbonyl (C=O) groups excluding carboxylic acids is 1. The summed E-state index contributed by atoms with van der Waals surface area (Å²) in [5.74, 6) is 0.207. The van der Waals surface area contributed by atoms with E-state index in [0.717, 1.165) is 22.0 Å². The van der Waals surface area contributed by atoms with Crippen molar-refractivity contribution in [1.82, 2.24) is 20.4 Å². The van der Waals surface area contributed by atoms with Gasteiger partial charge in [0.05, 0.1) is 12.1 Å². The molecule has 0 radical (unpaired) electrons. The number of hydrogen-bond acceptors (Lipinski definition) is 4. The number of nitrogens with one attached hydrogen (secondary N) is 2. The third kappa shape index (κ3) is 3.79. The Morgan fingerprint density at radius 1 is 1.21 bits per heavy atom. The van der Waals surface area contributed by atoms with Gasteiger partial charge in [-0.3, -0.25) is 14.8 Å². The predicted molar refractivity (Wildman–Crippen MR) is 108 cm³/mol. The molecule has 1 aromatic heterocycles. The molecule has 1 aliphatic heterocycles. The molecule has 0 saturated carbocycles. The minimum atomic E-state index is -0.214. The molecule has 142 valence electrons. The van der Waals surface area contributed by atoms with E-state index in [1.54, 1.807) is 17.9 Å². The molecule has 0 spiro atoms. The van der Waals surface area contributed by atoms with E-state index in [0.29, 0.717) is 18.3 Å². The van der Waals surface area contributed by atoms with E-state index in [1.165, 1.54) is 0 Å². The Kier molecular flexibility index (Phi) is 4.90. The summed E-state index contributed by atoms with van der Waals surface area (Å²) in [5.41, 5.74) is 3.30. The lowest BCUT2D eigenvalue weighted by Gasteiger charge is -2.12. The third-order valence-corrected chi connectivity index (χ3v) is 4.48. The van der Waals surface area contributed by atoms with Crippen molar-refractivity contribution in [3.05, 3.63) is 71.6 Å². The first kappa shape index (κ1) is 17.9. The SMILES string of the molecule is COCC(N=C1NC(=O)/C(=C/c2ccc3nn(C)cc3c2)N1)c1ccccc1. The first-order valence-corrected chi connectivity index (χ1v) is 8.97. The smallest absolute Gasteiger partial charge is 0.274 e. The molecule has 1 saturated heterocycles. The Balaban J connectivity index is 1.58. The second kappa shape index (κ2) is 7.66. The van der Waals surface area contributed by atoms with Crippen LogP contribution in [0.1, 0.15) is 17.2 Å². The molecular formula is C21H21N5O2. The number of aryl methyl sites for hydroxylation is 1. The van der Waals surface area contributed by atoms with Gasteiger partial charge in [0.25, 0.3) is 5.91 Å². The minimum Gasteiger partial charge on any atom is -0.382 e. The summed E-state index contributed by atoms with van der Waals surface area (Å²) >= 11 is 0. The van der Waals surface area contributed by atoms with Gasteiger partial charge in [-0.15, -0.1) is 0 Å². The zero-order valence-electron chi connectivity index (χ0n) is 15.7. The number of amides is 1. The minimum absolute atomic E-state index is 0.208. The molecule has 2 heterocycles. The zero-order valence-corrected chi connectivity index (χ0v) is 15.7. The number of aromatic nitrogens is 2. The van der Waals surface area contributed by atoms with Gasteiger partial charge in [0.1, 0.15) is 11.7 Å². The zero-order chi connectivity index (χ0) is 19.5. The summed E-state index contributed by atoms with van der Waals surface area (Å²) in [6.45, 7) is 0.418. The van der Waals surface area contributed by atoms with Gasteiger partial charge in [0.2, 0.25) is 5.96 Å². The molecule has 1 fully saturated rings. The molecule has 7 heteroatoms. The Morgan fingerprint density at radius 3 is 2.82 bits per heavy atom. The molecule has 1 unspecified atom stereocenters. The van der Waals surface area contributed by atoms with Crippen LogP contribution in [0, 0.1) is 0 Å². The van der Waals surface area contributed by atoms with E-state index in [9.17, 15) is 4.79 Å². The highest BCUT2D eigenvalue weighted by Crippen LogP contribution is 2.19. The van der Waals surface area contributed by atoms with Gasteiger partial charge in [-0.05, 0) is 29.3 Å².